The van der Waals surface area contributed by atoms with E-state index in [1.165, 1.54) is 10.9 Å². The molecule has 0 radical (unpaired) electrons. The average Bonchev–Trinajstić information content (AvgIpc) is 3.05. The van der Waals surface area contributed by atoms with Crippen LogP contribution in [0.4, 0.5) is 0 Å². The van der Waals surface area contributed by atoms with Crippen LogP contribution in [-0.2, 0) is 11.2 Å². The van der Waals surface area contributed by atoms with Crippen molar-refractivity contribution in [1.82, 2.24) is 9.55 Å². The molecule has 1 aliphatic rings. The van der Waals surface area contributed by atoms with Gasteiger partial charge in [0, 0.05) is 46.9 Å². The fourth-order valence-electron chi connectivity index (χ4n) is 4.70. The summed E-state index contributed by atoms with van der Waals surface area (Å²) in [6, 6.07) is 13.2. The molecule has 2 aromatic heterocycles. The number of rotatable bonds is 7. The predicted octanol–water partition coefficient (Wildman–Crippen LogP) is 6.21. The topological polar surface area (TPSA) is 71.1 Å². The molecule has 5 nitrogen and oxygen atoms in total. The van der Waals surface area contributed by atoms with E-state index in [2.05, 4.69) is 64.7 Å². The predicted molar refractivity (Wildman–Crippen MR) is 130 cm³/mol. The Hall–Kier alpha value is -2.20. The van der Waals surface area contributed by atoms with Gasteiger partial charge in [-0.3, -0.25) is 4.98 Å². The largest absolute Gasteiger partial charge is 0.396 e. The first-order valence-electron chi connectivity index (χ1n) is 11.1. The van der Waals surface area contributed by atoms with E-state index in [1.807, 2.05) is 19.2 Å². The number of pyridine rings is 1. The van der Waals surface area contributed by atoms with Crippen molar-refractivity contribution < 1.29 is 9.84 Å². The number of fused-ring (bicyclic) bond motifs is 1. The number of aliphatic hydroxyl groups is 1. The molecule has 0 bridgehead atoms. The zero-order valence-electron chi connectivity index (χ0n) is 19.1. The highest BCUT2D eigenvalue weighted by Gasteiger charge is 2.36. The number of ether oxygens (including phenoxy) is 1. The van der Waals surface area contributed by atoms with Crippen molar-refractivity contribution in [3.05, 3.63) is 52.3 Å². The second kappa shape index (κ2) is 8.97. The van der Waals surface area contributed by atoms with Gasteiger partial charge in [-0.25, -0.2) is 0 Å². The van der Waals surface area contributed by atoms with Crippen LogP contribution >= 0.6 is 15.9 Å². The molecule has 6 heteroatoms. The molecule has 0 aliphatic heterocycles. The van der Waals surface area contributed by atoms with Gasteiger partial charge in [0.1, 0.15) is 0 Å². The summed E-state index contributed by atoms with van der Waals surface area (Å²) in [6.45, 7) is 6.30. The number of hydrogen-bond donors (Lipinski definition) is 1. The number of hydrogen-bond acceptors (Lipinski definition) is 4. The zero-order valence-corrected chi connectivity index (χ0v) is 20.7. The molecule has 1 N–H and O–H groups in total. The molecule has 0 amide bonds. The van der Waals surface area contributed by atoms with Crippen molar-refractivity contribution in [2.24, 2.45) is 11.3 Å². The van der Waals surface area contributed by atoms with Crippen LogP contribution in [0, 0.1) is 22.7 Å². The third-order valence-electron chi connectivity index (χ3n) is 6.65. The molecule has 4 rings (SSSR count). The van der Waals surface area contributed by atoms with Gasteiger partial charge in [0.25, 0.3) is 0 Å². The lowest BCUT2D eigenvalue weighted by molar-refractivity contribution is 0.116. The maximum Gasteiger partial charge on any atom is 0.0969 e. The Kier molecular flexibility index (Phi) is 6.44. The summed E-state index contributed by atoms with van der Waals surface area (Å²) in [5.41, 5.74) is 5.18. The van der Waals surface area contributed by atoms with Crippen LogP contribution in [0.5, 0.6) is 0 Å². The Balaban J connectivity index is 2.05. The molecule has 0 spiro atoms. The quantitative estimate of drug-likeness (QED) is 0.422. The first kappa shape index (κ1) is 23.0. The standard InChI is InChI=1S/C26H30BrN3O2/c1-16(32-4)24-20(6-5-9-29-24)25-22(13-26(2,3)15-31)21-12-18(27)7-8-23(21)30(25)19-10-17(11-19)14-28/h5-9,12,16-17,19,31H,10-11,13,15H2,1-4H3. The van der Waals surface area contributed by atoms with Gasteiger partial charge in [0.15, 0.2) is 0 Å². The van der Waals surface area contributed by atoms with Crippen LogP contribution in [-0.4, -0.2) is 28.4 Å². The lowest BCUT2D eigenvalue weighted by Crippen LogP contribution is -2.27. The minimum Gasteiger partial charge on any atom is -0.396 e. The third-order valence-corrected chi connectivity index (χ3v) is 7.14. The van der Waals surface area contributed by atoms with Gasteiger partial charge in [-0.05, 0) is 67.5 Å². The molecule has 0 saturated heterocycles. The average molecular weight is 496 g/mol. The summed E-state index contributed by atoms with van der Waals surface area (Å²) in [5.74, 6) is 0.101. The van der Waals surface area contributed by atoms with Crippen molar-refractivity contribution in [2.75, 3.05) is 13.7 Å². The molecule has 168 valence electrons. The van der Waals surface area contributed by atoms with E-state index < -0.39 is 0 Å². The van der Waals surface area contributed by atoms with E-state index >= 15 is 0 Å². The third kappa shape index (κ3) is 4.10. The van der Waals surface area contributed by atoms with Crippen LogP contribution in [0.3, 0.4) is 0 Å². The van der Waals surface area contributed by atoms with Crippen LogP contribution < -0.4 is 0 Å². The van der Waals surface area contributed by atoms with Crippen LogP contribution in [0.25, 0.3) is 22.2 Å². The van der Waals surface area contributed by atoms with Crippen molar-refractivity contribution >= 4 is 26.8 Å². The lowest BCUT2D eigenvalue weighted by atomic mass is 9.80. The Morgan fingerprint density at radius 2 is 2.09 bits per heavy atom. The number of benzene rings is 1. The van der Waals surface area contributed by atoms with Crippen molar-refractivity contribution in [3.63, 3.8) is 0 Å². The summed E-state index contributed by atoms with van der Waals surface area (Å²) in [4.78, 5) is 4.70. The SMILES string of the molecule is COC(C)c1ncccc1-c1c(CC(C)(C)CO)c2cc(Br)ccc2n1C1CC(C#N)C1. The van der Waals surface area contributed by atoms with E-state index in [9.17, 15) is 10.4 Å². The summed E-state index contributed by atoms with van der Waals surface area (Å²) >= 11 is 3.66. The van der Waals surface area contributed by atoms with Gasteiger partial charge in [-0.15, -0.1) is 0 Å². The first-order chi connectivity index (χ1) is 15.3. The molecule has 1 atom stereocenters. The van der Waals surface area contributed by atoms with Gasteiger partial charge < -0.3 is 14.4 Å². The maximum absolute atomic E-state index is 10.1. The van der Waals surface area contributed by atoms with Crippen molar-refractivity contribution in [1.29, 1.82) is 5.26 Å². The molecule has 1 saturated carbocycles. The number of nitrogens with zero attached hydrogens (tertiary/aromatic N) is 3. The summed E-state index contributed by atoms with van der Waals surface area (Å²) in [7, 11) is 1.70. The molecule has 2 heterocycles. The maximum atomic E-state index is 10.1. The van der Waals surface area contributed by atoms with Gasteiger partial charge in [-0.2, -0.15) is 5.26 Å². The fraction of sp³-hybridized carbons (Fsp3) is 0.462. The smallest absolute Gasteiger partial charge is 0.0969 e. The molecular formula is C26H30BrN3O2. The molecular weight excluding hydrogens is 466 g/mol. The molecule has 3 aromatic rings. The normalized spacial score (nSPS) is 19.5. The van der Waals surface area contributed by atoms with Crippen molar-refractivity contribution in [3.8, 4) is 17.3 Å². The van der Waals surface area contributed by atoms with Gasteiger partial charge in [0.05, 0.1) is 29.5 Å². The zero-order chi connectivity index (χ0) is 23.0. The summed E-state index contributed by atoms with van der Waals surface area (Å²) < 4.78 is 9.11. The van der Waals surface area contributed by atoms with E-state index in [0.29, 0.717) is 0 Å². The number of methoxy groups -OCH3 is 1. The highest BCUT2D eigenvalue weighted by molar-refractivity contribution is 9.10. The number of aliphatic hydroxyl groups excluding tert-OH is 1. The van der Waals surface area contributed by atoms with Gasteiger partial charge in [-0.1, -0.05) is 29.8 Å². The monoisotopic (exact) mass is 495 g/mol. The highest BCUT2D eigenvalue weighted by atomic mass is 79.9. The van der Waals surface area contributed by atoms with Crippen LogP contribution in [0.2, 0.25) is 0 Å². The van der Waals surface area contributed by atoms with E-state index in [0.717, 1.165) is 46.2 Å². The van der Waals surface area contributed by atoms with Crippen LogP contribution in [0.15, 0.2) is 41.0 Å². The molecule has 1 aliphatic carbocycles. The minimum absolute atomic E-state index is 0.0986. The van der Waals surface area contributed by atoms with Gasteiger partial charge >= 0.3 is 0 Å². The Morgan fingerprint density at radius 1 is 1.34 bits per heavy atom. The molecule has 32 heavy (non-hydrogen) atoms. The second-order valence-electron chi connectivity index (χ2n) is 9.62. The Labute approximate surface area is 198 Å². The molecule has 1 fully saturated rings. The fourth-order valence-corrected chi connectivity index (χ4v) is 5.06. The summed E-state index contributed by atoms with van der Waals surface area (Å²) in [6.07, 6.45) is 4.08. The van der Waals surface area contributed by atoms with E-state index in [-0.39, 0.29) is 30.1 Å². The van der Waals surface area contributed by atoms with Crippen molar-refractivity contribution in [2.45, 2.75) is 52.2 Å². The van der Waals surface area contributed by atoms with Crippen LogP contribution in [0.1, 0.15) is 57.0 Å². The number of nitriles is 1. The lowest BCUT2D eigenvalue weighted by Gasteiger charge is -2.35. The Bertz CT molecular complexity index is 1170. The molecule has 1 aromatic carbocycles. The first-order valence-corrected chi connectivity index (χ1v) is 11.9. The van der Waals surface area contributed by atoms with E-state index in [4.69, 9.17) is 9.72 Å². The summed E-state index contributed by atoms with van der Waals surface area (Å²) in [5, 5.41) is 20.7. The molecule has 1 unspecified atom stereocenters. The highest BCUT2D eigenvalue weighted by Crippen LogP contribution is 2.47. The van der Waals surface area contributed by atoms with Gasteiger partial charge in [0.2, 0.25) is 0 Å². The number of aromatic nitrogens is 2. The van der Waals surface area contributed by atoms with E-state index in [1.54, 1.807) is 7.11 Å². The second-order valence-corrected chi connectivity index (χ2v) is 10.5. The number of halogens is 1. The minimum atomic E-state index is -0.278. The Morgan fingerprint density at radius 3 is 2.75 bits per heavy atom.